The highest BCUT2D eigenvalue weighted by molar-refractivity contribution is 9.10. The molecule has 1 aromatic rings. The zero-order valence-corrected chi connectivity index (χ0v) is 11.2. The molecule has 0 unspecified atom stereocenters. The first-order chi connectivity index (χ1) is 7.65. The van der Waals surface area contributed by atoms with Crippen molar-refractivity contribution < 1.29 is 4.74 Å². The van der Waals surface area contributed by atoms with E-state index in [1.807, 2.05) is 12.1 Å². The van der Waals surface area contributed by atoms with Crippen LogP contribution in [0.15, 0.2) is 22.7 Å². The third kappa shape index (κ3) is 2.98. The molecule has 16 heavy (non-hydrogen) atoms. The SMILES string of the molecule is Cc1ccc(Br)cc1OC1CCC(N)CC1. The molecule has 2 nitrogen and oxygen atoms in total. The third-order valence-electron chi connectivity index (χ3n) is 3.16. The number of benzene rings is 1. The molecule has 1 fully saturated rings. The number of ether oxygens (including phenoxy) is 1. The van der Waals surface area contributed by atoms with Crippen LogP contribution in [0.4, 0.5) is 0 Å². The first-order valence-electron chi connectivity index (χ1n) is 5.83. The maximum Gasteiger partial charge on any atom is 0.123 e. The van der Waals surface area contributed by atoms with Crippen LogP contribution in [0.25, 0.3) is 0 Å². The number of halogens is 1. The van der Waals surface area contributed by atoms with Crippen molar-refractivity contribution in [2.24, 2.45) is 5.73 Å². The Morgan fingerprint density at radius 1 is 1.25 bits per heavy atom. The Balaban J connectivity index is 2.00. The third-order valence-corrected chi connectivity index (χ3v) is 3.66. The molecule has 1 saturated carbocycles. The van der Waals surface area contributed by atoms with Crippen LogP contribution in [0.3, 0.4) is 0 Å². The monoisotopic (exact) mass is 283 g/mol. The van der Waals surface area contributed by atoms with Gasteiger partial charge in [0.05, 0.1) is 6.10 Å². The Hall–Kier alpha value is -0.540. The second-order valence-electron chi connectivity index (χ2n) is 4.56. The number of aryl methyl sites for hydroxylation is 1. The summed E-state index contributed by atoms with van der Waals surface area (Å²) in [6.07, 6.45) is 4.66. The van der Waals surface area contributed by atoms with Gasteiger partial charge in [-0.25, -0.2) is 0 Å². The molecule has 0 spiro atoms. The largest absolute Gasteiger partial charge is 0.490 e. The molecule has 0 atom stereocenters. The van der Waals surface area contributed by atoms with Crippen molar-refractivity contribution in [3.63, 3.8) is 0 Å². The van der Waals surface area contributed by atoms with Crippen LogP contribution in [-0.2, 0) is 0 Å². The van der Waals surface area contributed by atoms with Crippen LogP contribution >= 0.6 is 15.9 Å². The highest BCUT2D eigenvalue weighted by Gasteiger charge is 2.20. The van der Waals surface area contributed by atoms with Gasteiger partial charge in [-0.1, -0.05) is 22.0 Å². The van der Waals surface area contributed by atoms with Gasteiger partial charge in [0.2, 0.25) is 0 Å². The first kappa shape index (κ1) is 11.9. The topological polar surface area (TPSA) is 35.2 Å². The lowest BCUT2D eigenvalue weighted by Crippen LogP contribution is -2.31. The van der Waals surface area contributed by atoms with Crippen molar-refractivity contribution in [3.8, 4) is 5.75 Å². The van der Waals surface area contributed by atoms with Gasteiger partial charge in [-0.2, -0.15) is 0 Å². The van der Waals surface area contributed by atoms with E-state index in [-0.39, 0.29) is 0 Å². The average molecular weight is 284 g/mol. The highest BCUT2D eigenvalue weighted by atomic mass is 79.9. The molecule has 0 aliphatic heterocycles. The smallest absolute Gasteiger partial charge is 0.123 e. The van der Waals surface area contributed by atoms with Crippen LogP contribution in [0.1, 0.15) is 31.2 Å². The second kappa shape index (κ2) is 5.19. The fraction of sp³-hybridized carbons (Fsp3) is 0.538. The Kier molecular flexibility index (Phi) is 3.87. The Morgan fingerprint density at radius 2 is 1.94 bits per heavy atom. The van der Waals surface area contributed by atoms with E-state index in [2.05, 4.69) is 28.9 Å². The van der Waals surface area contributed by atoms with Crippen molar-refractivity contribution in [1.82, 2.24) is 0 Å². The number of nitrogens with two attached hydrogens (primary N) is 1. The maximum absolute atomic E-state index is 6.03. The predicted octanol–water partition coefficient (Wildman–Crippen LogP) is 3.41. The molecular weight excluding hydrogens is 266 g/mol. The van der Waals surface area contributed by atoms with Crippen molar-refractivity contribution in [3.05, 3.63) is 28.2 Å². The molecule has 0 aromatic heterocycles. The van der Waals surface area contributed by atoms with Crippen molar-refractivity contribution in [2.45, 2.75) is 44.8 Å². The Morgan fingerprint density at radius 3 is 2.62 bits per heavy atom. The molecule has 0 amide bonds. The average Bonchev–Trinajstić information content (AvgIpc) is 2.27. The van der Waals surface area contributed by atoms with Crippen LogP contribution in [0, 0.1) is 6.92 Å². The van der Waals surface area contributed by atoms with Gasteiger partial charge in [-0.05, 0) is 50.3 Å². The second-order valence-corrected chi connectivity index (χ2v) is 5.48. The number of hydrogen-bond acceptors (Lipinski definition) is 2. The minimum Gasteiger partial charge on any atom is -0.490 e. The van der Waals surface area contributed by atoms with E-state index < -0.39 is 0 Å². The lowest BCUT2D eigenvalue weighted by atomic mass is 9.93. The summed E-state index contributed by atoms with van der Waals surface area (Å²) in [4.78, 5) is 0. The zero-order valence-electron chi connectivity index (χ0n) is 9.58. The van der Waals surface area contributed by atoms with Gasteiger partial charge in [0.25, 0.3) is 0 Å². The normalized spacial score (nSPS) is 25.4. The number of rotatable bonds is 2. The van der Waals surface area contributed by atoms with E-state index in [0.29, 0.717) is 12.1 Å². The quantitative estimate of drug-likeness (QED) is 0.903. The van der Waals surface area contributed by atoms with Gasteiger partial charge < -0.3 is 10.5 Å². The van der Waals surface area contributed by atoms with Gasteiger partial charge in [0.1, 0.15) is 5.75 Å². The Labute approximate surface area is 105 Å². The summed E-state index contributed by atoms with van der Waals surface area (Å²) < 4.78 is 7.10. The molecule has 0 radical (unpaired) electrons. The lowest BCUT2D eigenvalue weighted by molar-refractivity contribution is 0.146. The summed E-state index contributed by atoms with van der Waals surface area (Å²) in [5.41, 5.74) is 7.07. The van der Waals surface area contributed by atoms with Gasteiger partial charge >= 0.3 is 0 Å². The van der Waals surface area contributed by atoms with Crippen LogP contribution in [-0.4, -0.2) is 12.1 Å². The van der Waals surface area contributed by atoms with Crippen LogP contribution in [0.5, 0.6) is 5.75 Å². The van der Waals surface area contributed by atoms with Crippen LogP contribution in [0.2, 0.25) is 0 Å². The fourth-order valence-electron chi connectivity index (χ4n) is 2.09. The van der Waals surface area contributed by atoms with E-state index >= 15 is 0 Å². The molecule has 2 rings (SSSR count). The summed E-state index contributed by atoms with van der Waals surface area (Å²) in [5.74, 6) is 0.995. The molecule has 1 aromatic carbocycles. The van der Waals surface area contributed by atoms with Crippen molar-refractivity contribution in [2.75, 3.05) is 0 Å². The standard InChI is InChI=1S/C13H18BrNO/c1-9-2-3-10(14)8-13(9)16-12-6-4-11(15)5-7-12/h2-3,8,11-12H,4-7,15H2,1H3. The summed E-state index contributed by atoms with van der Waals surface area (Å²) in [6.45, 7) is 2.08. The van der Waals surface area contributed by atoms with E-state index in [1.165, 1.54) is 5.56 Å². The molecular formula is C13H18BrNO. The van der Waals surface area contributed by atoms with E-state index in [0.717, 1.165) is 35.9 Å². The summed E-state index contributed by atoms with van der Waals surface area (Å²) in [7, 11) is 0. The van der Waals surface area contributed by atoms with Gasteiger partial charge in [-0.3, -0.25) is 0 Å². The van der Waals surface area contributed by atoms with Crippen molar-refractivity contribution in [1.29, 1.82) is 0 Å². The summed E-state index contributed by atoms with van der Waals surface area (Å²) >= 11 is 3.47. The molecule has 1 aliphatic carbocycles. The summed E-state index contributed by atoms with van der Waals surface area (Å²) in [5, 5.41) is 0. The Bertz CT molecular complexity index is 359. The molecule has 1 aliphatic rings. The minimum atomic E-state index is 0.341. The van der Waals surface area contributed by atoms with Gasteiger partial charge in [0, 0.05) is 10.5 Å². The summed E-state index contributed by atoms with van der Waals surface area (Å²) in [6, 6.07) is 6.54. The molecule has 88 valence electrons. The molecule has 0 saturated heterocycles. The lowest BCUT2D eigenvalue weighted by Gasteiger charge is -2.27. The van der Waals surface area contributed by atoms with Crippen LogP contribution < -0.4 is 10.5 Å². The molecule has 0 bridgehead atoms. The molecule has 0 heterocycles. The molecule has 2 N–H and O–H groups in total. The van der Waals surface area contributed by atoms with E-state index in [1.54, 1.807) is 0 Å². The minimum absolute atomic E-state index is 0.341. The van der Waals surface area contributed by atoms with Gasteiger partial charge in [-0.15, -0.1) is 0 Å². The highest BCUT2D eigenvalue weighted by Crippen LogP contribution is 2.27. The van der Waals surface area contributed by atoms with E-state index in [9.17, 15) is 0 Å². The van der Waals surface area contributed by atoms with Gasteiger partial charge in [0.15, 0.2) is 0 Å². The number of hydrogen-bond donors (Lipinski definition) is 1. The first-order valence-corrected chi connectivity index (χ1v) is 6.63. The fourth-order valence-corrected chi connectivity index (χ4v) is 2.43. The zero-order chi connectivity index (χ0) is 11.5. The molecule has 3 heteroatoms. The van der Waals surface area contributed by atoms with Crippen molar-refractivity contribution >= 4 is 15.9 Å². The predicted molar refractivity (Wildman–Crippen MR) is 69.7 cm³/mol. The maximum atomic E-state index is 6.03. The van der Waals surface area contributed by atoms with E-state index in [4.69, 9.17) is 10.5 Å².